The number of rotatable bonds is 4. The van der Waals surface area contributed by atoms with Gasteiger partial charge in [0.2, 0.25) is 0 Å². The fraction of sp³-hybridized carbons (Fsp3) is 0.300. The number of alkyl halides is 6. The molecule has 0 fully saturated rings. The van der Waals surface area contributed by atoms with Gasteiger partial charge in [0.25, 0.3) is 0 Å². The van der Waals surface area contributed by atoms with E-state index in [1.54, 1.807) is 6.07 Å². The molecule has 104 valence electrons. The number of ether oxygens (including phenoxy) is 2. The van der Waals surface area contributed by atoms with Gasteiger partial charge in [-0.2, -0.15) is 14.0 Å². The quantitative estimate of drug-likeness (QED) is 0.796. The number of nitriles is 1. The van der Waals surface area contributed by atoms with Crippen LogP contribution in [0, 0.1) is 11.3 Å². The SMILES string of the molecule is N#Cc1ccc(OC(F)(F)C(F)OC(F)(F)F)cc1. The van der Waals surface area contributed by atoms with E-state index in [0.29, 0.717) is 0 Å². The lowest BCUT2D eigenvalue weighted by atomic mass is 10.2. The van der Waals surface area contributed by atoms with E-state index in [-0.39, 0.29) is 5.56 Å². The summed E-state index contributed by atoms with van der Waals surface area (Å²) in [5.74, 6) is -0.613. The van der Waals surface area contributed by atoms with E-state index in [4.69, 9.17) is 5.26 Å². The summed E-state index contributed by atoms with van der Waals surface area (Å²) in [6.07, 6.45) is -14.4. The molecule has 0 aromatic heterocycles. The second kappa shape index (κ2) is 5.36. The molecule has 3 nitrogen and oxygen atoms in total. The molecule has 19 heavy (non-hydrogen) atoms. The molecule has 9 heteroatoms. The van der Waals surface area contributed by atoms with Gasteiger partial charge in [-0.05, 0) is 24.3 Å². The fourth-order valence-corrected chi connectivity index (χ4v) is 0.987. The molecule has 0 bridgehead atoms. The summed E-state index contributed by atoms with van der Waals surface area (Å²) in [4.78, 5) is 0. The first-order valence-corrected chi connectivity index (χ1v) is 4.59. The van der Waals surface area contributed by atoms with Gasteiger partial charge in [-0.3, -0.25) is 0 Å². The normalized spacial score (nSPS) is 13.7. The lowest BCUT2D eigenvalue weighted by Gasteiger charge is -2.22. The molecule has 0 aliphatic rings. The topological polar surface area (TPSA) is 42.2 Å². The highest BCUT2D eigenvalue weighted by atomic mass is 19.4. The van der Waals surface area contributed by atoms with Gasteiger partial charge < -0.3 is 4.74 Å². The monoisotopic (exact) mass is 285 g/mol. The average molecular weight is 285 g/mol. The second-order valence-electron chi connectivity index (χ2n) is 3.18. The van der Waals surface area contributed by atoms with Gasteiger partial charge in [0.1, 0.15) is 5.75 Å². The minimum atomic E-state index is -5.56. The first-order valence-electron chi connectivity index (χ1n) is 4.59. The third-order valence-electron chi connectivity index (χ3n) is 1.74. The third kappa shape index (κ3) is 4.67. The van der Waals surface area contributed by atoms with Crippen LogP contribution in [0.25, 0.3) is 0 Å². The van der Waals surface area contributed by atoms with Crippen LogP contribution in [-0.2, 0) is 4.74 Å². The van der Waals surface area contributed by atoms with Gasteiger partial charge in [0, 0.05) is 0 Å². The highest BCUT2D eigenvalue weighted by Crippen LogP contribution is 2.31. The Labute approximate surface area is 103 Å². The second-order valence-corrected chi connectivity index (χ2v) is 3.18. The molecular weight excluding hydrogens is 280 g/mol. The van der Waals surface area contributed by atoms with Gasteiger partial charge in [0.15, 0.2) is 0 Å². The van der Waals surface area contributed by atoms with Crippen molar-refractivity contribution in [3.8, 4) is 11.8 Å². The number of hydrogen-bond acceptors (Lipinski definition) is 3. The largest absolute Gasteiger partial charge is 0.525 e. The zero-order valence-electron chi connectivity index (χ0n) is 8.92. The first-order chi connectivity index (χ1) is 8.64. The van der Waals surface area contributed by atoms with Crippen molar-refractivity contribution in [1.29, 1.82) is 5.26 Å². The summed E-state index contributed by atoms with van der Waals surface area (Å²) >= 11 is 0. The molecule has 1 rings (SSSR count). The molecule has 0 saturated carbocycles. The van der Waals surface area contributed by atoms with Crippen molar-refractivity contribution in [1.82, 2.24) is 0 Å². The zero-order valence-corrected chi connectivity index (χ0v) is 8.92. The molecule has 0 aliphatic carbocycles. The summed E-state index contributed by atoms with van der Waals surface area (Å²) < 4.78 is 79.5. The highest BCUT2D eigenvalue weighted by Gasteiger charge is 2.50. The van der Waals surface area contributed by atoms with Crippen LogP contribution in [0.2, 0.25) is 0 Å². The van der Waals surface area contributed by atoms with E-state index < -0.39 is 24.6 Å². The highest BCUT2D eigenvalue weighted by molar-refractivity contribution is 5.34. The molecular formula is C10H5F6NO2. The van der Waals surface area contributed by atoms with Crippen molar-refractivity contribution >= 4 is 0 Å². The molecule has 0 amide bonds. The number of hydrogen-bond donors (Lipinski definition) is 0. The molecule has 0 radical (unpaired) electrons. The third-order valence-corrected chi connectivity index (χ3v) is 1.74. The molecule has 1 aromatic rings. The van der Waals surface area contributed by atoms with Gasteiger partial charge in [0.05, 0.1) is 11.6 Å². The van der Waals surface area contributed by atoms with Crippen LogP contribution in [0.5, 0.6) is 5.75 Å². The van der Waals surface area contributed by atoms with Crippen LogP contribution in [0.15, 0.2) is 24.3 Å². The smallest absolute Gasteiger partial charge is 0.429 e. The lowest BCUT2D eigenvalue weighted by molar-refractivity contribution is -0.411. The molecule has 0 heterocycles. The van der Waals surface area contributed by atoms with Crippen LogP contribution in [-0.4, -0.2) is 18.8 Å². The van der Waals surface area contributed by atoms with Gasteiger partial charge in [-0.25, -0.2) is 9.13 Å². The molecule has 0 saturated heterocycles. The van der Waals surface area contributed by atoms with E-state index in [0.717, 1.165) is 24.3 Å². The maximum atomic E-state index is 12.9. The molecule has 0 aliphatic heterocycles. The van der Waals surface area contributed by atoms with Crippen molar-refractivity contribution in [3.63, 3.8) is 0 Å². The Balaban J connectivity index is 2.75. The van der Waals surface area contributed by atoms with Gasteiger partial charge in [-0.1, -0.05) is 0 Å². The Morgan fingerprint density at radius 3 is 2.00 bits per heavy atom. The molecule has 1 atom stereocenters. The molecule has 0 N–H and O–H groups in total. The maximum absolute atomic E-state index is 12.9. The Morgan fingerprint density at radius 1 is 1.05 bits per heavy atom. The lowest BCUT2D eigenvalue weighted by Crippen LogP contribution is -2.41. The maximum Gasteiger partial charge on any atom is 0.525 e. The Bertz CT molecular complexity index is 464. The minimum absolute atomic E-state index is 0.110. The fourth-order valence-electron chi connectivity index (χ4n) is 0.987. The predicted molar refractivity (Wildman–Crippen MR) is 48.8 cm³/mol. The summed E-state index contributed by atoms with van der Waals surface area (Å²) in [6.45, 7) is 0. The van der Waals surface area contributed by atoms with Crippen molar-refractivity contribution in [2.45, 2.75) is 18.8 Å². The number of nitrogens with zero attached hydrogens (tertiary/aromatic N) is 1. The Kier molecular flexibility index (Phi) is 4.26. The van der Waals surface area contributed by atoms with Crippen LogP contribution < -0.4 is 4.74 Å². The summed E-state index contributed by atoms with van der Waals surface area (Å²) in [6, 6.07) is 5.59. The van der Waals surface area contributed by atoms with Crippen LogP contribution in [0.1, 0.15) is 5.56 Å². The molecule has 1 aromatic carbocycles. The van der Waals surface area contributed by atoms with Crippen molar-refractivity contribution < 1.29 is 35.8 Å². The number of halogens is 6. The van der Waals surface area contributed by atoms with Crippen LogP contribution in [0.4, 0.5) is 26.3 Å². The summed E-state index contributed by atoms with van der Waals surface area (Å²) in [7, 11) is 0. The Hall–Kier alpha value is -1.95. The Morgan fingerprint density at radius 2 is 1.58 bits per heavy atom. The van der Waals surface area contributed by atoms with E-state index in [1.807, 2.05) is 0 Å². The average Bonchev–Trinajstić information content (AvgIpc) is 2.27. The minimum Gasteiger partial charge on any atom is -0.429 e. The van der Waals surface area contributed by atoms with Crippen molar-refractivity contribution in [2.24, 2.45) is 0 Å². The van der Waals surface area contributed by atoms with Gasteiger partial charge in [-0.15, -0.1) is 13.2 Å². The summed E-state index contributed by atoms with van der Waals surface area (Å²) in [5.41, 5.74) is 0.110. The van der Waals surface area contributed by atoms with Crippen molar-refractivity contribution in [3.05, 3.63) is 29.8 Å². The molecule has 0 spiro atoms. The van der Waals surface area contributed by atoms with Crippen molar-refractivity contribution in [2.75, 3.05) is 0 Å². The van der Waals surface area contributed by atoms with E-state index in [2.05, 4.69) is 9.47 Å². The van der Waals surface area contributed by atoms with E-state index in [9.17, 15) is 26.3 Å². The number of benzene rings is 1. The van der Waals surface area contributed by atoms with Crippen LogP contribution >= 0.6 is 0 Å². The van der Waals surface area contributed by atoms with E-state index >= 15 is 0 Å². The zero-order chi connectivity index (χ0) is 14.7. The predicted octanol–water partition coefficient (Wildman–Crippen LogP) is 3.36. The van der Waals surface area contributed by atoms with E-state index in [1.165, 1.54) is 0 Å². The first kappa shape index (κ1) is 15.1. The van der Waals surface area contributed by atoms with Gasteiger partial charge >= 0.3 is 18.8 Å². The summed E-state index contributed by atoms with van der Waals surface area (Å²) in [5, 5.41) is 8.43. The van der Waals surface area contributed by atoms with Crippen LogP contribution in [0.3, 0.4) is 0 Å². The standard InChI is InChI=1S/C10H5F6NO2/c11-8(19-10(14,15)16)9(12,13)18-7-3-1-6(5-17)2-4-7/h1-4,8H. The molecule has 1 unspecified atom stereocenters.